The Morgan fingerprint density at radius 3 is 2.23 bits per heavy atom. The van der Waals surface area contributed by atoms with Crippen molar-refractivity contribution in [3.8, 4) is 0 Å². The third-order valence-electron chi connectivity index (χ3n) is 6.45. The molecule has 0 unspecified atom stereocenters. The van der Waals surface area contributed by atoms with E-state index in [2.05, 4.69) is 67.9 Å². The normalized spacial score (nSPS) is 18.9. The highest BCUT2D eigenvalue weighted by atomic mass is 79.9. The molecule has 2 aromatic rings. The van der Waals surface area contributed by atoms with Gasteiger partial charge in [0.1, 0.15) is 0 Å². The number of hydrogen-bond donors (Lipinski definition) is 2. The largest absolute Gasteiger partial charge is 0.381 e. The molecule has 166 valence electrons. The number of nitrogens with one attached hydrogen (secondary N) is 2. The minimum atomic E-state index is -0.229. The summed E-state index contributed by atoms with van der Waals surface area (Å²) in [4.78, 5) is 15.1. The first kappa shape index (κ1) is 22.3. The van der Waals surface area contributed by atoms with Crippen molar-refractivity contribution in [1.82, 2.24) is 5.32 Å². The van der Waals surface area contributed by atoms with Crippen molar-refractivity contribution >= 4 is 33.2 Å². The lowest BCUT2D eigenvalue weighted by molar-refractivity contribution is -0.116. The molecule has 5 nitrogen and oxygen atoms in total. The second-order valence-electron chi connectivity index (χ2n) is 8.55. The van der Waals surface area contributed by atoms with Crippen LogP contribution in [-0.2, 0) is 15.1 Å². The molecule has 0 radical (unpaired) electrons. The standard InChI is InChI=1S/C25H32BrN3O2/c26-21-7-5-20(6-8-21)25(13-17-31-18-14-25)27-19-24(30)28-22-9-11-23(12-10-22)29-15-3-1-2-4-16-29/h5-12,27H,1-4,13-19H2,(H,28,30). The van der Waals surface area contributed by atoms with Gasteiger partial charge in [-0.25, -0.2) is 0 Å². The van der Waals surface area contributed by atoms with Crippen LogP contribution in [0.15, 0.2) is 53.0 Å². The van der Waals surface area contributed by atoms with Crippen molar-refractivity contribution < 1.29 is 9.53 Å². The van der Waals surface area contributed by atoms with E-state index in [1.165, 1.54) is 36.9 Å². The van der Waals surface area contributed by atoms with Crippen molar-refractivity contribution in [1.29, 1.82) is 0 Å². The van der Waals surface area contributed by atoms with Crippen LogP contribution >= 0.6 is 15.9 Å². The van der Waals surface area contributed by atoms with E-state index in [1.54, 1.807) is 0 Å². The number of nitrogens with zero attached hydrogens (tertiary/aromatic N) is 1. The first-order chi connectivity index (χ1) is 15.1. The van der Waals surface area contributed by atoms with Gasteiger partial charge in [0.25, 0.3) is 0 Å². The fourth-order valence-corrected chi connectivity index (χ4v) is 4.86. The van der Waals surface area contributed by atoms with Gasteiger partial charge in [0.05, 0.1) is 6.54 Å². The monoisotopic (exact) mass is 485 g/mol. The maximum absolute atomic E-state index is 12.7. The van der Waals surface area contributed by atoms with E-state index in [9.17, 15) is 4.79 Å². The van der Waals surface area contributed by atoms with Crippen LogP contribution in [0.25, 0.3) is 0 Å². The van der Waals surface area contributed by atoms with Crippen molar-refractivity contribution in [3.05, 3.63) is 58.6 Å². The van der Waals surface area contributed by atoms with Gasteiger partial charge in [-0.2, -0.15) is 0 Å². The molecule has 0 saturated carbocycles. The first-order valence-corrected chi connectivity index (χ1v) is 12.2. The van der Waals surface area contributed by atoms with E-state index >= 15 is 0 Å². The van der Waals surface area contributed by atoms with Crippen LogP contribution in [0, 0.1) is 0 Å². The number of hydrogen-bond acceptors (Lipinski definition) is 4. The number of ether oxygens (including phenoxy) is 1. The van der Waals surface area contributed by atoms with Crippen LogP contribution in [0.4, 0.5) is 11.4 Å². The van der Waals surface area contributed by atoms with Crippen LogP contribution in [0.1, 0.15) is 44.1 Å². The summed E-state index contributed by atoms with van der Waals surface area (Å²) in [6, 6.07) is 16.6. The molecule has 0 atom stereocenters. The Morgan fingerprint density at radius 2 is 1.58 bits per heavy atom. The fraction of sp³-hybridized carbons (Fsp3) is 0.480. The van der Waals surface area contributed by atoms with E-state index in [0.717, 1.165) is 36.1 Å². The Kier molecular flexibility index (Phi) is 7.64. The molecule has 0 bridgehead atoms. The molecule has 2 aliphatic heterocycles. The molecule has 2 aromatic carbocycles. The lowest BCUT2D eigenvalue weighted by atomic mass is 9.82. The van der Waals surface area contributed by atoms with Crippen LogP contribution in [0.3, 0.4) is 0 Å². The zero-order valence-electron chi connectivity index (χ0n) is 18.0. The summed E-state index contributed by atoms with van der Waals surface area (Å²) in [7, 11) is 0. The minimum absolute atomic E-state index is 0.0227. The Bertz CT molecular complexity index is 840. The average molecular weight is 486 g/mol. The molecule has 4 rings (SSSR count). The smallest absolute Gasteiger partial charge is 0.238 e. The number of benzene rings is 2. The summed E-state index contributed by atoms with van der Waals surface area (Å²) in [6.45, 7) is 3.91. The van der Waals surface area contributed by atoms with Gasteiger partial charge < -0.3 is 15.0 Å². The molecule has 2 fully saturated rings. The zero-order valence-corrected chi connectivity index (χ0v) is 19.6. The number of amides is 1. The topological polar surface area (TPSA) is 53.6 Å². The highest BCUT2D eigenvalue weighted by Gasteiger charge is 2.34. The van der Waals surface area contributed by atoms with E-state index in [0.29, 0.717) is 13.2 Å². The number of carbonyl (C=O) groups excluding carboxylic acids is 1. The van der Waals surface area contributed by atoms with Crippen LogP contribution in [0.2, 0.25) is 0 Å². The lowest BCUT2D eigenvalue weighted by Crippen LogP contribution is -2.49. The van der Waals surface area contributed by atoms with E-state index in [1.807, 2.05) is 12.1 Å². The molecule has 0 aromatic heterocycles. The maximum atomic E-state index is 12.7. The Hall–Kier alpha value is -1.89. The highest BCUT2D eigenvalue weighted by molar-refractivity contribution is 9.10. The summed E-state index contributed by atoms with van der Waals surface area (Å²) in [5.41, 5.74) is 3.06. The number of carbonyl (C=O) groups is 1. The van der Waals surface area contributed by atoms with Gasteiger partial charge in [-0.3, -0.25) is 10.1 Å². The molecule has 2 aliphatic rings. The first-order valence-electron chi connectivity index (χ1n) is 11.4. The fourth-order valence-electron chi connectivity index (χ4n) is 4.60. The summed E-state index contributed by atoms with van der Waals surface area (Å²) in [5.74, 6) is -0.0227. The number of halogens is 1. The Balaban J connectivity index is 1.35. The van der Waals surface area contributed by atoms with Gasteiger partial charge in [-0.15, -0.1) is 0 Å². The SMILES string of the molecule is O=C(CNC1(c2ccc(Br)cc2)CCOCC1)Nc1ccc(N2CCCCCC2)cc1. The maximum Gasteiger partial charge on any atom is 0.238 e. The van der Waals surface area contributed by atoms with Crippen molar-refractivity contribution in [3.63, 3.8) is 0 Å². The second-order valence-corrected chi connectivity index (χ2v) is 9.47. The molecule has 2 saturated heterocycles. The Morgan fingerprint density at radius 1 is 0.935 bits per heavy atom. The Labute approximate surface area is 193 Å². The van der Waals surface area contributed by atoms with Gasteiger partial charge in [0.15, 0.2) is 0 Å². The molecule has 31 heavy (non-hydrogen) atoms. The quantitative estimate of drug-likeness (QED) is 0.599. The van der Waals surface area contributed by atoms with Gasteiger partial charge in [-0.1, -0.05) is 40.9 Å². The van der Waals surface area contributed by atoms with Crippen molar-refractivity contribution in [2.75, 3.05) is 43.1 Å². The summed E-state index contributed by atoms with van der Waals surface area (Å²) >= 11 is 3.51. The van der Waals surface area contributed by atoms with Crippen LogP contribution in [-0.4, -0.2) is 38.8 Å². The third-order valence-corrected chi connectivity index (χ3v) is 6.98. The predicted octanol–water partition coefficient (Wildman–Crippen LogP) is 5.06. The summed E-state index contributed by atoms with van der Waals surface area (Å²) < 4.78 is 6.64. The van der Waals surface area contributed by atoms with E-state index < -0.39 is 0 Å². The minimum Gasteiger partial charge on any atom is -0.381 e. The van der Waals surface area contributed by atoms with Crippen molar-refractivity contribution in [2.45, 2.75) is 44.1 Å². The molecule has 6 heteroatoms. The van der Waals surface area contributed by atoms with Crippen LogP contribution in [0.5, 0.6) is 0 Å². The predicted molar refractivity (Wildman–Crippen MR) is 130 cm³/mol. The molecule has 2 heterocycles. The molecule has 2 N–H and O–H groups in total. The highest BCUT2D eigenvalue weighted by Crippen LogP contribution is 2.33. The van der Waals surface area contributed by atoms with Crippen molar-refractivity contribution in [2.24, 2.45) is 0 Å². The summed E-state index contributed by atoms with van der Waals surface area (Å²) in [6.07, 6.45) is 6.88. The number of rotatable bonds is 6. The molecule has 1 amide bonds. The molecule has 0 spiro atoms. The molecule has 0 aliphatic carbocycles. The van der Waals surface area contributed by atoms with Crippen LogP contribution < -0.4 is 15.5 Å². The summed E-state index contributed by atoms with van der Waals surface area (Å²) in [5, 5.41) is 6.59. The van der Waals surface area contributed by atoms with Gasteiger partial charge >= 0.3 is 0 Å². The van der Waals surface area contributed by atoms with E-state index in [-0.39, 0.29) is 18.0 Å². The third kappa shape index (κ3) is 5.88. The van der Waals surface area contributed by atoms with E-state index in [4.69, 9.17) is 4.74 Å². The average Bonchev–Trinajstić information content (AvgIpc) is 3.09. The van der Waals surface area contributed by atoms with Gasteiger partial charge in [0.2, 0.25) is 5.91 Å². The van der Waals surface area contributed by atoms with Gasteiger partial charge in [-0.05, 0) is 67.6 Å². The second kappa shape index (κ2) is 10.6. The molecular formula is C25H32BrN3O2. The van der Waals surface area contributed by atoms with Gasteiger partial charge in [0, 0.05) is 47.7 Å². The number of anilines is 2. The zero-order chi connectivity index (χ0) is 21.5. The molecular weight excluding hydrogens is 454 g/mol. The lowest BCUT2D eigenvalue weighted by Gasteiger charge is -2.38.